The Balaban J connectivity index is 1.70. The lowest BCUT2D eigenvalue weighted by Crippen LogP contribution is -2.38. The molecule has 1 N–H and O–H groups in total. The molecule has 36 heavy (non-hydrogen) atoms. The van der Waals surface area contributed by atoms with E-state index in [4.69, 9.17) is 30.5 Å². The molecule has 0 fully saturated rings. The minimum atomic E-state index is -4.25. The van der Waals surface area contributed by atoms with Crippen molar-refractivity contribution in [1.82, 2.24) is 0 Å². The van der Waals surface area contributed by atoms with Crippen LogP contribution in [0.4, 0.5) is 11.4 Å². The van der Waals surface area contributed by atoms with Crippen LogP contribution in [0.2, 0.25) is 5.02 Å². The highest BCUT2D eigenvalue weighted by Gasteiger charge is 2.31. The van der Waals surface area contributed by atoms with Crippen molar-refractivity contribution in [3.05, 3.63) is 65.2 Å². The summed E-state index contributed by atoms with van der Waals surface area (Å²) in [5.74, 6) is 1.01. The van der Waals surface area contributed by atoms with Crippen molar-refractivity contribution in [3.63, 3.8) is 0 Å². The minimum absolute atomic E-state index is 0.0796. The van der Waals surface area contributed by atoms with Gasteiger partial charge in [-0.1, -0.05) is 17.7 Å². The van der Waals surface area contributed by atoms with Crippen molar-refractivity contribution >= 4 is 38.9 Å². The van der Waals surface area contributed by atoms with Gasteiger partial charge in [-0.3, -0.25) is 9.10 Å². The van der Waals surface area contributed by atoms with E-state index in [1.54, 1.807) is 37.3 Å². The molecule has 0 aliphatic carbocycles. The molecular weight excluding hydrogens is 508 g/mol. The number of fused-ring (bicyclic) bond motifs is 1. The Morgan fingerprint density at radius 3 is 2.36 bits per heavy atom. The van der Waals surface area contributed by atoms with Crippen LogP contribution in [0.1, 0.15) is 5.56 Å². The van der Waals surface area contributed by atoms with Crippen LogP contribution in [0, 0.1) is 6.92 Å². The highest BCUT2D eigenvalue weighted by Crippen LogP contribution is 2.35. The first-order valence-electron chi connectivity index (χ1n) is 10.9. The third-order valence-corrected chi connectivity index (χ3v) is 7.51. The smallest absolute Gasteiger partial charge is 0.268 e. The Hall–Kier alpha value is -3.63. The summed E-state index contributed by atoms with van der Waals surface area (Å²) in [4.78, 5) is 13.0. The molecule has 0 unspecified atom stereocenters. The molecular formula is C25H25ClN2O7S. The summed E-state index contributed by atoms with van der Waals surface area (Å²) in [6.07, 6.45) is 0. The maximum Gasteiger partial charge on any atom is 0.268 e. The van der Waals surface area contributed by atoms with Gasteiger partial charge in [0.2, 0.25) is 5.91 Å². The monoisotopic (exact) mass is 532 g/mol. The van der Waals surface area contributed by atoms with Gasteiger partial charge >= 0.3 is 0 Å². The standard InChI is InChI=1S/C25H25ClN2O7S/c1-16-4-7-22(33-3)24(12-16)36(30,31)28(18-6-9-20(32-2)19(26)14-18)15-25(29)27-17-5-8-21-23(13-17)35-11-10-34-21/h4-9,12-14H,10-11,15H2,1-3H3,(H,27,29). The predicted octanol–water partition coefficient (Wildman–Crippen LogP) is 4.27. The topological polar surface area (TPSA) is 103 Å². The van der Waals surface area contributed by atoms with Gasteiger partial charge in [-0.2, -0.15) is 0 Å². The normalized spacial score (nSPS) is 12.6. The number of carbonyl (C=O) groups is 1. The van der Waals surface area contributed by atoms with E-state index in [-0.39, 0.29) is 21.4 Å². The van der Waals surface area contributed by atoms with Gasteiger partial charge in [0.25, 0.3) is 10.0 Å². The van der Waals surface area contributed by atoms with E-state index < -0.39 is 22.5 Å². The average Bonchev–Trinajstić information content (AvgIpc) is 2.87. The first-order chi connectivity index (χ1) is 17.2. The number of anilines is 2. The lowest BCUT2D eigenvalue weighted by molar-refractivity contribution is -0.114. The summed E-state index contributed by atoms with van der Waals surface area (Å²) >= 11 is 6.29. The van der Waals surface area contributed by atoms with Gasteiger partial charge in [0.05, 0.1) is 24.9 Å². The molecule has 0 saturated heterocycles. The quantitative estimate of drug-likeness (QED) is 0.462. The molecule has 1 aliphatic rings. The number of halogens is 1. The van der Waals surface area contributed by atoms with Gasteiger partial charge in [0, 0.05) is 11.8 Å². The Labute approximate surface area is 214 Å². The fourth-order valence-electron chi connectivity index (χ4n) is 3.68. The van der Waals surface area contributed by atoms with E-state index in [2.05, 4.69) is 5.32 Å². The molecule has 190 valence electrons. The number of hydrogen-bond donors (Lipinski definition) is 1. The number of methoxy groups -OCH3 is 2. The third-order valence-electron chi connectivity index (χ3n) is 5.42. The molecule has 0 bridgehead atoms. The molecule has 9 nitrogen and oxygen atoms in total. The fraction of sp³-hybridized carbons (Fsp3) is 0.240. The first kappa shape index (κ1) is 25.5. The lowest BCUT2D eigenvalue weighted by Gasteiger charge is -2.26. The van der Waals surface area contributed by atoms with Gasteiger partial charge in [0.15, 0.2) is 11.5 Å². The lowest BCUT2D eigenvalue weighted by atomic mass is 10.2. The number of nitrogens with one attached hydrogen (secondary N) is 1. The van der Waals surface area contributed by atoms with E-state index in [0.717, 1.165) is 4.31 Å². The van der Waals surface area contributed by atoms with Crippen molar-refractivity contribution in [2.75, 3.05) is 43.6 Å². The van der Waals surface area contributed by atoms with Gasteiger partial charge in [-0.15, -0.1) is 0 Å². The largest absolute Gasteiger partial charge is 0.495 e. The van der Waals surface area contributed by atoms with Crippen molar-refractivity contribution in [2.24, 2.45) is 0 Å². The average molecular weight is 533 g/mol. The molecule has 4 rings (SSSR count). The summed E-state index contributed by atoms with van der Waals surface area (Å²) in [5.41, 5.74) is 1.33. The maximum atomic E-state index is 13.9. The van der Waals surface area contributed by atoms with Crippen LogP contribution >= 0.6 is 11.6 Å². The Bertz CT molecular complexity index is 1400. The molecule has 0 saturated carbocycles. The third kappa shape index (κ3) is 5.29. The van der Waals surface area contributed by atoms with Crippen LogP contribution in [0.3, 0.4) is 0 Å². The minimum Gasteiger partial charge on any atom is -0.495 e. The van der Waals surface area contributed by atoms with E-state index in [1.165, 1.54) is 38.5 Å². The number of ether oxygens (including phenoxy) is 4. The molecule has 3 aromatic carbocycles. The van der Waals surface area contributed by atoms with Gasteiger partial charge < -0.3 is 24.3 Å². The Morgan fingerprint density at radius 2 is 1.67 bits per heavy atom. The summed E-state index contributed by atoms with van der Waals surface area (Å²) in [7, 11) is -1.42. The zero-order valence-electron chi connectivity index (χ0n) is 19.9. The van der Waals surface area contributed by atoms with E-state index in [0.29, 0.717) is 41.7 Å². The van der Waals surface area contributed by atoms with Crippen LogP contribution < -0.4 is 28.6 Å². The Morgan fingerprint density at radius 1 is 0.972 bits per heavy atom. The van der Waals surface area contributed by atoms with E-state index in [9.17, 15) is 13.2 Å². The van der Waals surface area contributed by atoms with E-state index in [1.807, 2.05) is 0 Å². The van der Waals surface area contributed by atoms with Crippen LogP contribution in [-0.4, -0.2) is 48.3 Å². The second-order valence-corrected chi connectivity index (χ2v) is 10.1. The molecule has 3 aromatic rings. The molecule has 1 heterocycles. The molecule has 0 aromatic heterocycles. The zero-order valence-corrected chi connectivity index (χ0v) is 21.5. The van der Waals surface area contributed by atoms with Gasteiger partial charge in [-0.25, -0.2) is 8.42 Å². The summed E-state index contributed by atoms with van der Waals surface area (Å²) in [5, 5.41) is 2.92. The van der Waals surface area contributed by atoms with E-state index >= 15 is 0 Å². The Kier molecular flexibility index (Phi) is 7.46. The number of benzene rings is 3. The number of aryl methyl sites for hydroxylation is 1. The molecule has 1 amide bonds. The SMILES string of the molecule is COc1ccc(N(CC(=O)Nc2ccc3c(c2)OCCO3)S(=O)(=O)c2cc(C)ccc2OC)cc1Cl. The van der Waals surface area contributed by atoms with Crippen LogP contribution in [0.5, 0.6) is 23.0 Å². The maximum absolute atomic E-state index is 13.9. The second-order valence-electron chi connectivity index (χ2n) is 7.89. The van der Waals surface area contributed by atoms with Crippen LogP contribution in [-0.2, 0) is 14.8 Å². The molecule has 1 aliphatic heterocycles. The summed E-state index contributed by atoms with van der Waals surface area (Å²) in [6.45, 7) is 2.07. The van der Waals surface area contributed by atoms with Crippen molar-refractivity contribution in [1.29, 1.82) is 0 Å². The number of hydrogen-bond acceptors (Lipinski definition) is 7. The van der Waals surface area contributed by atoms with Gasteiger partial charge in [-0.05, 0) is 55.0 Å². The summed E-state index contributed by atoms with van der Waals surface area (Å²) in [6, 6.07) is 14.2. The number of rotatable bonds is 8. The number of nitrogens with zero attached hydrogens (tertiary/aromatic N) is 1. The van der Waals surface area contributed by atoms with Crippen molar-refractivity contribution < 1.29 is 32.2 Å². The van der Waals surface area contributed by atoms with Gasteiger partial charge in [0.1, 0.15) is 36.2 Å². The molecule has 0 spiro atoms. The molecule has 11 heteroatoms. The molecule has 0 atom stereocenters. The number of amides is 1. The fourth-order valence-corrected chi connectivity index (χ4v) is 5.59. The van der Waals surface area contributed by atoms with Crippen molar-refractivity contribution in [2.45, 2.75) is 11.8 Å². The number of carbonyl (C=O) groups excluding carboxylic acids is 1. The van der Waals surface area contributed by atoms with Crippen molar-refractivity contribution in [3.8, 4) is 23.0 Å². The first-order valence-corrected chi connectivity index (χ1v) is 12.7. The van der Waals surface area contributed by atoms with Crippen LogP contribution in [0.25, 0.3) is 0 Å². The second kappa shape index (κ2) is 10.5. The highest BCUT2D eigenvalue weighted by atomic mass is 35.5. The number of sulfonamides is 1. The zero-order chi connectivity index (χ0) is 25.9. The predicted molar refractivity (Wildman–Crippen MR) is 136 cm³/mol. The highest BCUT2D eigenvalue weighted by molar-refractivity contribution is 7.93. The molecule has 0 radical (unpaired) electrons. The van der Waals surface area contributed by atoms with Crippen LogP contribution in [0.15, 0.2) is 59.5 Å². The summed E-state index contributed by atoms with van der Waals surface area (Å²) < 4.78 is 50.3.